The minimum absolute atomic E-state index is 0.0276. The topological polar surface area (TPSA) is 115 Å². The van der Waals surface area contributed by atoms with Gasteiger partial charge in [0.05, 0.1) is 11.3 Å². The van der Waals surface area contributed by atoms with Gasteiger partial charge in [-0.3, -0.25) is 4.31 Å². The molecule has 0 fully saturated rings. The molecule has 26 heavy (non-hydrogen) atoms. The Labute approximate surface area is 154 Å². The van der Waals surface area contributed by atoms with E-state index in [1.165, 1.54) is 14.0 Å². The molecule has 1 aromatic heterocycles. The summed E-state index contributed by atoms with van der Waals surface area (Å²) in [5.41, 5.74) is 0.765. The third-order valence-corrected chi connectivity index (χ3v) is 5.02. The van der Waals surface area contributed by atoms with E-state index in [2.05, 4.69) is 14.5 Å². The molecule has 0 unspecified atom stereocenters. The average molecular weight is 397 g/mol. The number of rotatable bonds is 4. The number of halogens is 1. The van der Waals surface area contributed by atoms with E-state index in [-0.39, 0.29) is 23.8 Å². The molecule has 136 valence electrons. The van der Waals surface area contributed by atoms with Crippen LogP contribution in [0.2, 0.25) is 5.02 Å². The van der Waals surface area contributed by atoms with Crippen molar-refractivity contribution in [2.45, 2.75) is 13.5 Å². The predicted octanol–water partition coefficient (Wildman–Crippen LogP) is 1.97. The third kappa shape index (κ3) is 3.75. The molecule has 9 nitrogen and oxygen atoms in total. The first-order chi connectivity index (χ1) is 12.3. The number of aromatic nitrogens is 2. The van der Waals surface area contributed by atoms with Gasteiger partial charge in [0.1, 0.15) is 0 Å². The quantitative estimate of drug-likeness (QED) is 0.725. The van der Waals surface area contributed by atoms with E-state index in [4.69, 9.17) is 20.9 Å². The number of hydrogen-bond donors (Lipinski definition) is 0. The Kier molecular flexibility index (Phi) is 4.79. The first-order valence-corrected chi connectivity index (χ1v) is 9.06. The van der Waals surface area contributed by atoms with Crippen LogP contribution in [0.3, 0.4) is 0 Å². The van der Waals surface area contributed by atoms with Gasteiger partial charge in [-0.05, 0) is 31.2 Å². The van der Waals surface area contributed by atoms with E-state index in [0.29, 0.717) is 16.4 Å². The normalized spacial score (nSPS) is 16.0. The summed E-state index contributed by atoms with van der Waals surface area (Å²) in [5, 5.41) is 4.39. The van der Waals surface area contributed by atoms with Crippen LogP contribution in [0, 0.1) is 0 Å². The van der Waals surface area contributed by atoms with E-state index < -0.39 is 16.2 Å². The smallest absolute Gasteiger partial charge is 0.344 e. The molecule has 0 radical (unpaired) electrons. The lowest BCUT2D eigenvalue weighted by atomic mass is 10.2. The van der Waals surface area contributed by atoms with Crippen LogP contribution in [0.1, 0.15) is 12.8 Å². The number of esters is 1. The Morgan fingerprint density at radius 1 is 1.31 bits per heavy atom. The maximum Gasteiger partial charge on any atom is 0.344 e. The number of ether oxygens (including phenoxy) is 1. The molecule has 0 saturated carbocycles. The molecule has 3 rings (SSSR count). The maximum absolute atomic E-state index is 12.2. The number of hydrogen-bond acceptors (Lipinski definition) is 7. The monoisotopic (exact) mass is 396 g/mol. The summed E-state index contributed by atoms with van der Waals surface area (Å²) in [6.07, 6.45) is 1.15. The van der Waals surface area contributed by atoms with Gasteiger partial charge in [-0.1, -0.05) is 16.8 Å². The molecule has 0 bridgehead atoms. The summed E-state index contributed by atoms with van der Waals surface area (Å²) in [5.74, 6) is -0.331. The van der Waals surface area contributed by atoms with Crippen molar-refractivity contribution in [3.05, 3.63) is 47.0 Å². The molecule has 11 heteroatoms. The lowest BCUT2D eigenvalue weighted by molar-refractivity contribution is -0.140. The second-order valence-corrected chi connectivity index (χ2v) is 7.40. The van der Waals surface area contributed by atoms with Gasteiger partial charge in [-0.15, -0.1) is 4.40 Å². The fourth-order valence-electron chi connectivity index (χ4n) is 2.06. The van der Waals surface area contributed by atoms with Crippen molar-refractivity contribution in [1.82, 2.24) is 14.4 Å². The minimum Gasteiger partial charge on any atom is -0.452 e. The highest BCUT2D eigenvalue weighted by Gasteiger charge is 2.26. The molecule has 0 amide bonds. The Balaban J connectivity index is 1.67. The highest BCUT2D eigenvalue weighted by atomic mass is 35.5. The fourth-order valence-corrected chi connectivity index (χ4v) is 3.00. The largest absolute Gasteiger partial charge is 0.452 e. The van der Waals surface area contributed by atoms with E-state index >= 15 is 0 Å². The Morgan fingerprint density at radius 3 is 2.69 bits per heavy atom. The molecule has 2 heterocycles. The first-order valence-electron chi connectivity index (χ1n) is 7.28. The zero-order chi connectivity index (χ0) is 18.9. The van der Waals surface area contributed by atoms with Crippen molar-refractivity contribution in [3.8, 4) is 11.4 Å². The number of benzene rings is 1. The molecule has 0 spiro atoms. The first kappa shape index (κ1) is 18.1. The molecular weight excluding hydrogens is 384 g/mol. The molecule has 1 aromatic carbocycles. The summed E-state index contributed by atoms with van der Waals surface area (Å²) in [6, 6.07) is 6.84. The van der Waals surface area contributed by atoms with Gasteiger partial charge in [0.25, 0.3) is 5.89 Å². The van der Waals surface area contributed by atoms with E-state index in [0.717, 1.165) is 10.5 Å². The van der Waals surface area contributed by atoms with Crippen molar-refractivity contribution < 1.29 is 22.5 Å². The molecule has 0 N–H and O–H groups in total. The predicted molar refractivity (Wildman–Crippen MR) is 92.4 cm³/mol. The molecule has 1 aliphatic heterocycles. The van der Waals surface area contributed by atoms with E-state index in [1.54, 1.807) is 24.3 Å². The van der Waals surface area contributed by atoms with Crippen LogP contribution in [0.15, 0.2) is 45.0 Å². The third-order valence-electron chi connectivity index (χ3n) is 3.43. The number of carbonyl (C=O) groups excluding carboxylic acids is 1. The van der Waals surface area contributed by atoms with E-state index in [1.807, 2.05) is 0 Å². The van der Waals surface area contributed by atoms with Crippen LogP contribution in [-0.2, 0) is 26.3 Å². The summed E-state index contributed by atoms with van der Waals surface area (Å²) in [6.45, 7) is 1.14. The van der Waals surface area contributed by atoms with Crippen molar-refractivity contribution in [2.24, 2.45) is 4.40 Å². The summed E-state index contributed by atoms with van der Waals surface area (Å²) >= 11 is 5.82. The standard InChI is InChI=1S/C15H13ClN4O5S/c1-9-12(7-20(2)26(22,23)19-9)15(21)24-8-13-17-14(18-25-13)10-3-5-11(16)6-4-10/h3-7H,8H2,1-2H3. The second kappa shape index (κ2) is 6.89. The van der Waals surface area contributed by atoms with Crippen LogP contribution in [0.25, 0.3) is 11.4 Å². The highest BCUT2D eigenvalue weighted by molar-refractivity contribution is 7.88. The summed E-state index contributed by atoms with van der Waals surface area (Å²) in [4.78, 5) is 16.3. The van der Waals surface area contributed by atoms with Crippen molar-refractivity contribution in [3.63, 3.8) is 0 Å². The molecule has 0 aliphatic carbocycles. The number of carbonyl (C=O) groups is 1. The summed E-state index contributed by atoms with van der Waals surface area (Å²) < 4.78 is 37.7. The van der Waals surface area contributed by atoms with Gasteiger partial charge in [0, 0.05) is 23.8 Å². The zero-order valence-corrected chi connectivity index (χ0v) is 15.3. The SMILES string of the molecule is CC1=NS(=O)(=O)N(C)C=C1C(=O)OCc1nc(-c2ccc(Cl)cc2)no1. The summed E-state index contributed by atoms with van der Waals surface area (Å²) in [7, 11) is -2.51. The second-order valence-electron chi connectivity index (χ2n) is 5.31. The Morgan fingerprint density at radius 2 is 2.00 bits per heavy atom. The number of nitrogens with zero attached hydrogens (tertiary/aromatic N) is 4. The van der Waals surface area contributed by atoms with Crippen molar-refractivity contribution in [2.75, 3.05) is 7.05 Å². The minimum atomic E-state index is -3.79. The lowest BCUT2D eigenvalue weighted by Gasteiger charge is -2.18. The Bertz CT molecular complexity index is 1010. The fraction of sp³-hybridized carbons (Fsp3) is 0.200. The van der Waals surface area contributed by atoms with Crippen LogP contribution in [0.4, 0.5) is 0 Å². The van der Waals surface area contributed by atoms with Crippen molar-refractivity contribution in [1.29, 1.82) is 0 Å². The van der Waals surface area contributed by atoms with Gasteiger partial charge in [0.15, 0.2) is 6.61 Å². The van der Waals surface area contributed by atoms with Crippen LogP contribution in [0.5, 0.6) is 0 Å². The van der Waals surface area contributed by atoms with Gasteiger partial charge >= 0.3 is 16.2 Å². The Hall–Kier alpha value is -2.72. The average Bonchev–Trinajstić information content (AvgIpc) is 3.05. The zero-order valence-electron chi connectivity index (χ0n) is 13.7. The van der Waals surface area contributed by atoms with Crippen LogP contribution >= 0.6 is 11.6 Å². The molecule has 0 atom stereocenters. The molecule has 0 saturated heterocycles. The van der Waals surface area contributed by atoms with Gasteiger partial charge in [-0.2, -0.15) is 13.4 Å². The lowest BCUT2D eigenvalue weighted by Crippen LogP contribution is -2.29. The van der Waals surface area contributed by atoms with Crippen LogP contribution in [-0.4, -0.2) is 41.6 Å². The van der Waals surface area contributed by atoms with Gasteiger partial charge in [0.2, 0.25) is 5.82 Å². The van der Waals surface area contributed by atoms with Crippen LogP contribution < -0.4 is 0 Å². The van der Waals surface area contributed by atoms with Gasteiger partial charge < -0.3 is 9.26 Å². The molecular formula is C15H13ClN4O5S. The maximum atomic E-state index is 12.2. The molecule has 2 aromatic rings. The van der Waals surface area contributed by atoms with E-state index in [9.17, 15) is 13.2 Å². The molecule has 1 aliphatic rings. The highest BCUT2D eigenvalue weighted by Crippen LogP contribution is 2.19. The van der Waals surface area contributed by atoms with Crippen molar-refractivity contribution >= 4 is 33.5 Å². The van der Waals surface area contributed by atoms with Gasteiger partial charge in [-0.25, -0.2) is 4.79 Å².